The Balaban J connectivity index is 3.59. The van der Waals surface area contributed by atoms with Crippen LogP contribution in [0.1, 0.15) is 96.8 Å². The average molecular weight is 427 g/mol. The van der Waals surface area contributed by atoms with Crippen LogP contribution in [0.4, 0.5) is 0 Å². The molecule has 2 atom stereocenters. The van der Waals surface area contributed by atoms with E-state index < -0.39 is 35.4 Å². The fraction of sp³-hybridized carbons (Fsp3) is 0.947. The lowest BCUT2D eigenvalue weighted by molar-refractivity contribution is -0.146. The zero-order valence-electron chi connectivity index (χ0n) is 17.1. The van der Waals surface area contributed by atoms with Crippen molar-refractivity contribution in [2.24, 2.45) is 0 Å². The number of aliphatic hydroxyl groups is 3. The largest absolute Gasteiger partial charge is 0.454 e. The van der Waals surface area contributed by atoms with Gasteiger partial charge < -0.3 is 19.5 Å². The van der Waals surface area contributed by atoms with E-state index in [0.717, 1.165) is 19.3 Å². The van der Waals surface area contributed by atoms with Crippen LogP contribution in [-0.2, 0) is 23.6 Å². The standard InChI is InChI=1S/C19H38O8S/c1-2-3-4-5-6-7-8-9-10-11-12-13-14-15-18(22)26-28(24,25)27-19(23)17(21)16-20/h17-18,20-22H,2-16H2,1H3. The number of hydrogen-bond donors (Lipinski definition) is 3. The van der Waals surface area contributed by atoms with Gasteiger partial charge in [-0.15, -0.1) is 0 Å². The van der Waals surface area contributed by atoms with Crippen LogP contribution >= 0.6 is 0 Å². The highest BCUT2D eigenvalue weighted by Gasteiger charge is 2.26. The van der Waals surface area contributed by atoms with Crippen LogP contribution in [0.5, 0.6) is 0 Å². The quantitative estimate of drug-likeness (QED) is 0.212. The van der Waals surface area contributed by atoms with Crippen molar-refractivity contribution in [1.82, 2.24) is 0 Å². The number of unbranched alkanes of at least 4 members (excludes halogenated alkanes) is 12. The molecule has 0 bridgehead atoms. The molecular weight excluding hydrogens is 388 g/mol. The lowest BCUT2D eigenvalue weighted by atomic mass is 10.0. The molecule has 0 aliphatic carbocycles. The van der Waals surface area contributed by atoms with Gasteiger partial charge in [0.25, 0.3) is 0 Å². The van der Waals surface area contributed by atoms with E-state index in [1.165, 1.54) is 57.8 Å². The van der Waals surface area contributed by atoms with Crippen LogP contribution in [-0.4, -0.2) is 48.7 Å². The monoisotopic (exact) mass is 426 g/mol. The molecule has 8 nitrogen and oxygen atoms in total. The van der Waals surface area contributed by atoms with Gasteiger partial charge in [0.1, 0.15) is 0 Å². The molecule has 0 aromatic rings. The molecule has 0 radical (unpaired) electrons. The Morgan fingerprint density at radius 2 is 1.25 bits per heavy atom. The van der Waals surface area contributed by atoms with Gasteiger partial charge in [-0.3, -0.25) is 0 Å². The van der Waals surface area contributed by atoms with E-state index >= 15 is 0 Å². The maximum absolute atomic E-state index is 11.4. The van der Waals surface area contributed by atoms with Crippen molar-refractivity contribution < 1.29 is 36.9 Å². The van der Waals surface area contributed by atoms with Crippen molar-refractivity contribution in [2.75, 3.05) is 6.61 Å². The third kappa shape index (κ3) is 16.2. The second-order valence-corrected chi connectivity index (χ2v) is 8.27. The first kappa shape index (κ1) is 27.3. The summed E-state index contributed by atoms with van der Waals surface area (Å²) in [6.45, 7) is 1.25. The summed E-state index contributed by atoms with van der Waals surface area (Å²) in [5.74, 6) is -1.56. The Kier molecular flexibility index (Phi) is 16.7. The van der Waals surface area contributed by atoms with E-state index in [9.17, 15) is 18.3 Å². The predicted octanol–water partition coefficient (Wildman–Crippen LogP) is 2.94. The lowest BCUT2D eigenvalue weighted by Crippen LogP contribution is -2.31. The summed E-state index contributed by atoms with van der Waals surface area (Å²) in [5.41, 5.74) is 0. The normalized spacial score (nSPS) is 14.0. The minimum absolute atomic E-state index is 0.0943. The number of hydrogen-bond acceptors (Lipinski definition) is 8. The van der Waals surface area contributed by atoms with Gasteiger partial charge in [-0.05, 0) is 12.8 Å². The molecule has 0 saturated carbocycles. The molecule has 0 aliphatic heterocycles. The molecule has 0 fully saturated rings. The number of aliphatic hydroxyl groups excluding tert-OH is 3. The van der Waals surface area contributed by atoms with Gasteiger partial charge in [0.2, 0.25) is 0 Å². The van der Waals surface area contributed by atoms with Crippen LogP contribution in [0.25, 0.3) is 0 Å². The zero-order chi connectivity index (χ0) is 21.3. The van der Waals surface area contributed by atoms with Crippen molar-refractivity contribution in [2.45, 2.75) is 109 Å². The van der Waals surface area contributed by atoms with Gasteiger partial charge in [0.05, 0.1) is 6.61 Å². The molecular formula is C19H38O8S. The van der Waals surface area contributed by atoms with E-state index in [0.29, 0.717) is 6.42 Å². The van der Waals surface area contributed by atoms with Gasteiger partial charge in [-0.25, -0.2) is 8.98 Å². The number of carbonyl (C=O) groups is 1. The fourth-order valence-electron chi connectivity index (χ4n) is 2.77. The van der Waals surface area contributed by atoms with Gasteiger partial charge >= 0.3 is 16.4 Å². The van der Waals surface area contributed by atoms with Crippen molar-refractivity contribution in [1.29, 1.82) is 0 Å². The Morgan fingerprint density at radius 1 is 0.821 bits per heavy atom. The molecule has 0 spiro atoms. The van der Waals surface area contributed by atoms with E-state index in [-0.39, 0.29) is 6.42 Å². The smallest absolute Gasteiger partial charge is 0.393 e. The molecule has 0 heterocycles. The number of carbonyl (C=O) groups excluding carboxylic acids is 1. The van der Waals surface area contributed by atoms with Gasteiger partial charge in [0.15, 0.2) is 12.4 Å². The molecule has 28 heavy (non-hydrogen) atoms. The first-order chi connectivity index (χ1) is 13.3. The molecule has 9 heteroatoms. The summed E-state index contributed by atoms with van der Waals surface area (Å²) in [7, 11) is -4.77. The van der Waals surface area contributed by atoms with Gasteiger partial charge in [0, 0.05) is 0 Å². The molecule has 2 unspecified atom stereocenters. The highest BCUT2D eigenvalue weighted by atomic mass is 32.3. The van der Waals surface area contributed by atoms with E-state index in [1.54, 1.807) is 0 Å². The molecule has 0 aromatic heterocycles. The molecule has 0 amide bonds. The van der Waals surface area contributed by atoms with Crippen LogP contribution in [0, 0.1) is 0 Å². The molecule has 0 rings (SSSR count). The van der Waals surface area contributed by atoms with E-state index in [2.05, 4.69) is 15.3 Å². The summed E-state index contributed by atoms with van der Waals surface area (Å²) in [6.07, 6.45) is 11.7. The van der Waals surface area contributed by atoms with Gasteiger partial charge in [-0.1, -0.05) is 84.0 Å². The summed E-state index contributed by atoms with van der Waals surface area (Å²) in [5, 5.41) is 27.1. The first-order valence-corrected chi connectivity index (χ1v) is 11.8. The zero-order valence-corrected chi connectivity index (χ0v) is 17.9. The topological polar surface area (TPSA) is 130 Å². The Bertz CT molecular complexity index is 480. The lowest BCUT2D eigenvalue weighted by Gasteiger charge is -2.12. The maximum atomic E-state index is 11.4. The van der Waals surface area contributed by atoms with E-state index in [4.69, 9.17) is 10.2 Å². The maximum Gasteiger partial charge on any atom is 0.454 e. The predicted molar refractivity (Wildman–Crippen MR) is 106 cm³/mol. The number of rotatable bonds is 19. The van der Waals surface area contributed by atoms with Crippen molar-refractivity contribution in [3.8, 4) is 0 Å². The van der Waals surface area contributed by atoms with Crippen LogP contribution in [0.2, 0.25) is 0 Å². The second kappa shape index (κ2) is 17.1. The summed E-state index contributed by atoms with van der Waals surface area (Å²) in [4.78, 5) is 11.1. The first-order valence-electron chi connectivity index (χ1n) is 10.5. The third-order valence-electron chi connectivity index (χ3n) is 4.41. The van der Waals surface area contributed by atoms with Crippen LogP contribution < -0.4 is 0 Å². The summed E-state index contributed by atoms with van der Waals surface area (Å²) in [6, 6.07) is 0. The SMILES string of the molecule is CCCCCCCCCCCCCCCC(O)OS(=O)(=O)OC(=O)C(O)CO. The summed E-state index contributed by atoms with van der Waals surface area (Å²) >= 11 is 0. The van der Waals surface area contributed by atoms with Gasteiger partial charge in [-0.2, -0.15) is 8.42 Å². The summed E-state index contributed by atoms with van der Waals surface area (Å²) < 4.78 is 31.0. The molecule has 168 valence electrons. The van der Waals surface area contributed by atoms with E-state index in [1.807, 2.05) is 0 Å². The fourth-order valence-corrected chi connectivity index (χ4v) is 3.49. The van der Waals surface area contributed by atoms with Crippen molar-refractivity contribution >= 4 is 16.4 Å². The minimum Gasteiger partial charge on any atom is -0.393 e. The van der Waals surface area contributed by atoms with Crippen molar-refractivity contribution in [3.63, 3.8) is 0 Å². The third-order valence-corrected chi connectivity index (χ3v) is 5.24. The Labute approximate surface area is 169 Å². The molecule has 0 aromatic carbocycles. The Morgan fingerprint density at radius 3 is 1.68 bits per heavy atom. The highest BCUT2D eigenvalue weighted by Crippen LogP contribution is 2.14. The minimum atomic E-state index is -4.77. The molecule has 0 aliphatic rings. The van der Waals surface area contributed by atoms with Crippen molar-refractivity contribution in [3.05, 3.63) is 0 Å². The van der Waals surface area contributed by atoms with Crippen LogP contribution in [0.3, 0.4) is 0 Å². The highest BCUT2D eigenvalue weighted by molar-refractivity contribution is 7.82. The Hall–Kier alpha value is -0.740. The average Bonchev–Trinajstić information content (AvgIpc) is 2.63. The second-order valence-electron chi connectivity index (χ2n) is 7.09. The molecule has 0 saturated heterocycles. The van der Waals surface area contributed by atoms with Crippen LogP contribution in [0.15, 0.2) is 0 Å². The molecule has 3 N–H and O–H groups in total.